The quantitative estimate of drug-likeness (QED) is 0.723. The normalized spacial score (nSPS) is 13.1. The maximum absolute atomic E-state index is 13.6. The largest absolute Gasteiger partial charge is 0.456 e. The van der Waals surface area contributed by atoms with Crippen LogP contribution in [-0.4, -0.2) is 0 Å². The number of hydrogen-bond acceptors (Lipinski definition) is 3. The molecule has 19 heavy (non-hydrogen) atoms. The average molecular weight is 316 g/mol. The molecule has 0 amide bonds. The lowest BCUT2D eigenvalue weighted by atomic mass is 10.1. The Morgan fingerprint density at radius 1 is 1.26 bits per heavy atom. The van der Waals surface area contributed by atoms with E-state index in [0.717, 1.165) is 0 Å². The number of thiophene rings is 1. The zero-order chi connectivity index (χ0) is 13.6. The molecule has 3 rings (SSSR count). The molecule has 0 radical (unpaired) electrons. The molecule has 2 N–H and O–H groups in total. The molecule has 2 nitrogen and oxygen atoms in total. The van der Waals surface area contributed by atoms with Crippen molar-refractivity contribution in [1.82, 2.24) is 0 Å². The van der Waals surface area contributed by atoms with Crippen LogP contribution in [0.15, 0.2) is 34.7 Å². The number of halogens is 3. The van der Waals surface area contributed by atoms with Crippen molar-refractivity contribution in [3.8, 4) is 0 Å². The minimum Gasteiger partial charge on any atom is -0.456 e. The highest BCUT2D eigenvalue weighted by atomic mass is 35.5. The van der Waals surface area contributed by atoms with Gasteiger partial charge in [0.05, 0.1) is 14.7 Å². The number of furan rings is 1. The van der Waals surface area contributed by atoms with E-state index < -0.39 is 11.9 Å². The van der Waals surface area contributed by atoms with E-state index in [2.05, 4.69) is 0 Å². The second kappa shape index (κ2) is 4.80. The Hall–Kier alpha value is -1.07. The van der Waals surface area contributed by atoms with Crippen molar-refractivity contribution in [3.63, 3.8) is 0 Å². The molecular formula is C13H8Cl2FNOS. The Morgan fingerprint density at radius 2 is 2.05 bits per heavy atom. The first-order chi connectivity index (χ1) is 9.06. The van der Waals surface area contributed by atoms with Crippen LogP contribution in [0.25, 0.3) is 11.0 Å². The minimum atomic E-state index is -0.567. The summed E-state index contributed by atoms with van der Waals surface area (Å²) >= 11 is 13.2. The van der Waals surface area contributed by atoms with Gasteiger partial charge in [0.1, 0.15) is 5.76 Å². The molecule has 0 aliphatic rings. The monoisotopic (exact) mass is 315 g/mol. The van der Waals surface area contributed by atoms with E-state index in [-0.39, 0.29) is 5.58 Å². The summed E-state index contributed by atoms with van der Waals surface area (Å²) in [7, 11) is 0. The molecular weight excluding hydrogens is 308 g/mol. The van der Waals surface area contributed by atoms with Crippen molar-refractivity contribution in [2.24, 2.45) is 5.73 Å². The van der Waals surface area contributed by atoms with Crippen molar-refractivity contribution in [2.75, 3.05) is 0 Å². The lowest BCUT2D eigenvalue weighted by Crippen LogP contribution is -2.10. The van der Waals surface area contributed by atoms with E-state index in [1.165, 1.54) is 17.4 Å². The first kappa shape index (κ1) is 12.9. The molecule has 0 saturated carbocycles. The molecule has 1 atom stereocenters. The molecule has 0 aliphatic carbocycles. The van der Waals surface area contributed by atoms with Crippen molar-refractivity contribution in [3.05, 3.63) is 56.1 Å². The van der Waals surface area contributed by atoms with Crippen LogP contribution in [-0.2, 0) is 0 Å². The zero-order valence-corrected chi connectivity index (χ0v) is 11.8. The summed E-state index contributed by atoms with van der Waals surface area (Å²) in [5.41, 5.74) is 6.97. The summed E-state index contributed by atoms with van der Waals surface area (Å²) in [4.78, 5) is 0. The van der Waals surface area contributed by atoms with Crippen LogP contribution in [0.1, 0.15) is 17.4 Å². The van der Waals surface area contributed by atoms with Gasteiger partial charge in [-0.05, 0) is 18.2 Å². The van der Waals surface area contributed by atoms with Crippen LogP contribution in [0.4, 0.5) is 4.39 Å². The Morgan fingerprint density at radius 3 is 2.68 bits per heavy atom. The van der Waals surface area contributed by atoms with Gasteiger partial charge in [-0.15, -0.1) is 11.3 Å². The maximum atomic E-state index is 13.6. The van der Waals surface area contributed by atoms with Gasteiger partial charge in [-0.2, -0.15) is 0 Å². The summed E-state index contributed by atoms with van der Waals surface area (Å²) in [5.74, 6) is 0.0434. The molecule has 2 heterocycles. The predicted molar refractivity (Wildman–Crippen MR) is 76.5 cm³/mol. The smallest absolute Gasteiger partial charge is 0.169 e. The fourth-order valence-electron chi connectivity index (χ4n) is 1.92. The molecule has 1 aromatic carbocycles. The number of nitrogens with two attached hydrogens (primary N) is 1. The molecule has 0 aliphatic heterocycles. The van der Waals surface area contributed by atoms with Crippen molar-refractivity contribution >= 4 is 45.5 Å². The SMILES string of the molecule is NC(c1cc2cccc(F)c2o1)c1cc(Cl)sc1Cl. The fourth-order valence-corrected chi connectivity index (χ4v) is 3.47. The van der Waals surface area contributed by atoms with Gasteiger partial charge in [0, 0.05) is 10.9 Å². The van der Waals surface area contributed by atoms with Crippen LogP contribution >= 0.6 is 34.5 Å². The number of rotatable bonds is 2. The van der Waals surface area contributed by atoms with E-state index >= 15 is 0 Å². The Bertz CT molecular complexity index is 752. The lowest BCUT2D eigenvalue weighted by Gasteiger charge is -2.06. The van der Waals surface area contributed by atoms with Crippen molar-refractivity contribution in [1.29, 1.82) is 0 Å². The molecule has 6 heteroatoms. The molecule has 98 valence electrons. The maximum Gasteiger partial charge on any atom is 0.169 e. The number of fused-ring (bicyclic) bond motifs is 1. The highest BCUT2D eigenvalue weighted by Gasteiger charge is 2.20. The summed E-state index contributed by atoms with van der Waals surface area (Å²) < 4.78 is 20.1. The first-order valence-corrected chi connectivity index (χ1v) is 7.02. The molecule has 1 unspecified atom stereocenters. The third-order valence-electron chi connectivity index (χ3n) is 2.84. The molecule has 0 spiro atoms. The van der Waals surface area contributed by atoms with Crippen LogP contribution in [0.3, 0.4) is 0 Å². The Kier molecular flexibility index (Phi) is 3.27. The third kappa shape index (κ3) is 2.25. The molecule has 0 fully saturated rings. The van der Waals surface area contributed by atoms with Gasteiger partial charge in [-0.25, -0.2) is 4.39 Å². The van der Waals surface area contributed by atoms with E-state index in [1.54, 1.807) is 24.3 Å². The van der Waals surface area contributed by atoms with Crippen LogP contribution in [0, 0.1) is 5.82 Å². The molecule has 0 saturated heterocycles. The molecule has 2 aromatic heterocycles. The number of hydrogen-bond donors (Lipinski definition) is 1. The summed E-state index contributed by atoms with van der Waals surface area (Å²) in [6.07, 6.45) is 0. The fraction of sp³-hybridized carbons (Fsp3) is 0.0769. The van der Waals surface area contributed by atoms with Crippen LogP contribution in [0.5, 0.6) is 0 Å². The molecule has 0 bridgehead atoms. The van der Waals surface area contributed by atoms with Crippen molar-refractivity contribution in [2.45, 2.75) is 6.04 Å². The van der Waals surface area contributed by atoms with Gasteiger partial charge in [0.15, 0.2) is 11.4 Å². The minimum absolute atomic E-state index is 0.199. The van der Waals surface area contributed by atoms with E-state index in [9.17, 15) is 4.39 Å². The summed E-state index contributed by atoms with van der Waals surface area (Å²) in [6, 6.07) is 7.57. The number of para-hydroxylation sites is 1. The number of benzene rings is 1. The predicted octanol–water partition coefficient (Wildman–Crippen LogP) is 4.99. The van der Waals surface area contributed by atoms with Gasteiger partial charge in [-0.3, -0.25) is 0 Å². The van der Waals surface area contributed by atoms with E-state index in [4.69, 9.17) is 33.4 Å². The third-order valence-corrected chi connectivity index (χ3v) is 4.36. The first-order valence-electron chi connectivity index (χ1n) is 5.44. The van der Waals surface area contributed by atoms with Crippen LogP contribution < -0.4 is 5.73 Å². The van der Waals surface area contributed by atoms with Gasteiger partial charge in [0.25, 0.3) is 0 Å². The summed E-state index contributed by atoms with van der Waals surface area (Å²) in [5, 5.41) is 0.669. The Labute approximate surface area is 122 Å². The second-order valence-electron chi connectivity index (χ2n) is 4.06. The Balaban J connectivity index is 2.09. The standard InChI is InChI=1S/C13H8Cl2FNOS/c14-10-5-7(13(15)19-10)11(17)9-4-6-2-1-3-8(16)12(6)18-9/h1-5,11H,17H2. The van der Waals surface area contributed by atoms with Gasteiger partial charge in [0.2, 0.25) is 0 Å². The topological polar surface area (TPSA) is 39.2 Å². The second-order valence-corrected chi connectivity index (χ2v) is 6.35. The highest BCUT2D eigenvalue weighted by Crippen LogP contribution is 2.37. The van der Waals surface area contributed by atoms with Crippen molar-refractivity contribution < 1.29 is 8.81 Å². The van der Waals surface area contributed by atoms with E-state index in [1.807, 2.05) is 0 Å². The molecule has 3 aromatic rings. The highest BCUT2D eigenvalue weighted by molar-refractivity contribution is 7.20. The lowest BCUT2D eigenvalue weighted by molar-refractivity contribution is 0.502. The van der Waals surface area contributed by atoms with Gasteiger partial charge < -0.3 is 10.2 Å². The zero-order valence-electron chi connectivity index (χ0n) is 9.49. The van der Waals surface area contributed by atoms with Gasteiger partial charge in [-0.1, -0.05) is 35.3 Å². The van der Waals surface area contributed by atoms with Gasteiger partial charge >= 0.3 is 0 Å². The average Bonchev–Trinajstić information content (AvgIpc) is 2.93. The van der Waals surface area contributed by atoms with Crippen LogP contribution in [0.2, 0.25) is 8.67 Å². The van der Waals surface area contributed by atoms with E-state index in [0.29, 0.717) is 25.4 Å². The summed E-state index contributed by atoms with van der Waals surface area (Å²) in [6.45, 7) is 0.